The number of rotatable bonds is 11. The van der Waals surface area contributed by atoms with Crippen LogP contribution in [0.5, 0.6) is 0 Å². The lowest BCUT2D eigenvalue weighted by Crippen LogP contribution is -2.33. The molecule has 2 unspecified atom stereocenters. The maximum absolute atomic E-state index is 11.9. The number of hydrogen-bond acceptors (Lipinski definition) is 5. The number of esters is 1. The highest BCUT2D eigenvalue weighted by molar-refractivity contribution is 5.88. The molecule has 0 amide bonds. The van der Waals surface area contributed by atoms with E-state index in [1.54, 1.807) is 6.92 Å². The van der Waals surface area contributed by atoms with Crippen molar-refractivity contribution in [1.29, 1.82) is 0 Å². The van der Waals surface area contributed by atoms with E-state index in [0.29, 0.717) is 12.0 Å². The van der Waals surface area contributed by atoms with Crippen LogP contribution in [0.15, 0.2) is 11.1 Å². The fourth-order valence-electron chi connectivity index (χ4n) is 1.98. The highest BCUT2D eigenvalue weighted by Gasteiger charge is 2.24. The number of hydrogen-bond donors (Lipinski definition) is 3. The summed E-state index contributed by atoms with van der Waals surface area (Å²) in [7, 11) is 0. The lowest BCUT2D eigenvalue weighted by molar-refractivity contribution is -0.150. The summed E-state index contributed by atoms with van der Waals surface area (Å²) in [6.07, 6.45) is 3.57. The molecule has 0 aromatic heterocycles. The predicted molar refractivity (Wildman–Crippen MR) is 81.8 cm³/mol. The highest BCUT2D eigenvalue weighted by Crippen LogP contribution is 2.18. The fourth-order valence-corrected chi connectivity index (χ4v) is 1.98. The molecule has 0 saturated carbocycles. The van der Waals surface area contributed by atoms with E-state index in [4.69, 9.17) is 9.84 Å². The van der Waals surface area contributed by atoms with Gasteiger partial charge < -0.3 is 20.1 Å². The highest BCUT2D eigenvalue weighted by atomic mass is 16.6. The molecule has 0 aromatic rings. The van der Waals surface area contributed by atoms with Crippen LogP contribution in [0, 0.1) is 5.92 Å². The number of allylic oxidation sites excluding steroid dienone is 1. The molecule has 0 aliphatic rings. The molecule has 5 heteroatoms. The zero-order chi connectivity index (χ0) is 16.3. The molecule has 0 spiro atoms. The molecule has 0 rings (SSSR count). The molecule has 0 aliphatic heterocycles. The van der Waals surface area contributed by atoms with Crippen LogP contribution in [-0.2, 0) is 9.53 Å². The van der Waals surface area contributed by atoms with Crippen LogP contribution in [-0.4, -0.2) is 47.2 Å². The van der Waals surface area contributed by atoms with Gasteiger partial charge in [-0.25, -0.2) is 4.79 Å². The lowest BCUT2D eigenvalue weighted by Gasteiger charge is -2.24. The fraction of sp³-hybridized carbons (Fsp3) is 0.812. The predicted octanol–water partition coefficient (Wildman–Crippen LogP) is 1.80. The van der Waals surface area contributed by atoms with Gasteiger partial charge in [0.2, 0.25) is 0 Å². The number of carbonyl (C=O) groups is 1. The van der Waals surface area contributed by atoms with E-state index in [9.17, 15) is 15.0 Å². The van der Waals surface area contributed by atoms with Crippen molar-refractivity contribution in [2.45, 2.75) is 59.0 Å². The minimum atomic E-state index is -0.672. The number of unbranched alkanes of at least 4 members (excludes halogenated alkanes) is 3. The quantitative estimate of drug-likeness (QED) is 0.308. The van der Waals surface area contributed by atoms with Crippen molar-refractivity contribution in [3.8, 4) is 0 Å². The van der Waals surface area contributed by atoms with E-state index < -0.39 is 12.1 Å². The Morgan fingerprint density at radius 1 is 0.952 bits per heavy atom. The normalized spacial score (nSPS) is 13.6. The van der Waals surface area contributed by atoms with Gasteiger partial charge in [0.05, 0.1) is 6.61 Å². The molecular weight excluding hydrogens is 272 g/mol. The van der Waals surface area contributed by atoms with Crippen molar-refractivity contribution in [3.05, 3.63) is 11.1 Å². The van der Waals surface area contributed by atoms with Crippen LogP contribution in [0.25, 0.3) is 0 Å². The smallest absolute Gasteiger partial charge is 0.334 e. The molecule has 2 atom stereocenters. The second-order valence-electron chi connectivity index (χ2n) is 5.62. The molecule has 0 radical (unpaired) electrons. The standard InChI is InChI=1S/C16H30O5/c1-12(2)13(3)16(20)21-15(11-19)14(10-18)8-6-4-5-7-9-17/h14-15,17-19H,4-11H2,1-3H3. The van der Waals surface area contributed by atoms with Crippen molar-refractivity contribution < 1.29 is 24.9 Å². The summed E-state index contributed by atoms with van der Waals surface area (Å²) in [6, 6.07) is 0. The third-order valence-electron chi connectivity index (χ3n) is 3.74. The van der Waals surface area contributed by atoms with Crippen LogP contribution < -0.4 is 0 Å². The number of aliphatic hydroxyl groups is 3. The van der Waals surface area contributed by atoms with Crippen LogP contribution in [0.2, 0.25) is 0 Å². The molecule has 0 bridgehead atoms. The molecule has 0 heterocycles. The van der Waals surface area contributed by atoms with Crippen molar-refractivity contribution in [3.63, 3.8) is 0 Å². The summed E-state index contributed by atoms with van der Waals surface area (Å²) < 4.78 is 5.31. The maximum Gasteiger partial charge on any atom is 0.334 e. The van der Waals surface area contributed by atoms with Crippen LogP contribution in [0.1, 0.15) is 52.9 Å². The molecule has 0 aromatic carbocycles. The van der Waals surface area contributed by atoms with Gasteiger partial charge in [0.15, 0.2) is 0 Å². The van der Waals surface area contributed by atoms with Gasteiger partial charge in [-0.05, 0) is 33.6 Å². The van der Waals surface area contributed by atoms with Gasteiger partial charge in [0, 0.05) is 24.7 Å². The summed E-state index contributed by atoms with van der Waals surface area (Å²) in [4.78, 5) is 11.9. The molecule has 0 saturated heterocycles. The minimum Gasteiger partial charge on any atom is -0.456 e. The van der Waals surface area contributed by atoms with E-state index in [0.717, 1.165) is 31.3 Å². The van der Waals surface area contributed by atoms with Crippen molar-refractivity contribution in [2.75, 3.05) is 19.8 Å². The van der Waals surface area contributed by atoms with Crippen molar-refractivity contribution >= 4 is 5.97 Å². The summed E-state index contributed by atoms with van der Waals surface area (Å²) in [5.74, 6) is -0.689. The molecule has 3 N–H and O–H groups in total. The molecule has 124 valence electrons. The maximum atomic E-state index is 11.9. The van der Waals surface area contributed by atoms with E-state index >= 15 is 0 Å². The number of carbonyl (C=O) groups excluding carboxylic acids is 1. The average Bonchev–Trinajstić information content (AvgIpc) is 2.47. The SMILES string of the molecule is CC(C)=C(C)C(=O)OC(CO)C(CO)CCCCCCO. The Morgan fingerprint density at radius 3 is 2.05 bits per heavy atom. The van der Waals surface area contributed by atoms with Gasteiger partial charge in [-0.2, -0.15) is 0 Å². The zero-order valence-corrected chi connectivity index (χ0v) is 13.5. The summed E-state index contributed by atoms with van der Waals surface area (Å²) in [6.45, 7) is 5.14. The topological polar surface area (TPSA) is 87.0 Å². The average molecular weight is 302 g/mol. The first-order chi connectivity index (χ1) is 9.97. The Balaban J connectivity index is 4.38. The Hall–Kier alpha value is -0.910. The second-order valence-corrected chi connectivity index (χ2v) is 5.62. The van der Waals surface area contributed by atoms with Crippen molar-refractivity contribution in [2.24, 2.45) is 5.92 Å². The third-order valence-corrected chi connectivity index (χ3v) is 3.74. The summed E-state index contributed by atoms with van der Waals surface area (Å²) >= 11 is 0. The molecule has 21 heavy (non-hydrogen) atoms. The lowest BCUT2D eigenvalue weighted by atomic mass is 9.96. The molecule has 5 nitrogen and oxygen atoms in total. The van der Waals surface area contributed by atoms with Crippen LogP contribution >= 0.6 is 0 Å². The first kappa shape index (κ1) is 20.1. The van der Waals surface area contributed by atoms with Gasteiger partial charge in [-0.1, -0.05) is 24.8 Å². The zero-order valence-electron chi connectivity index (χ0n) is 13.5. The molecule has 0 fully saturated rings. The first-order valence-corrected chi connectivity index (χ1v) is 7.65. The van der Waals surface area contributed by atoms with E-state index in [-0.39, 0.29) is 25.7 Å². The Morgan fingerprint density at radius 2 is 1.57 bits per heavy atom. The molecular formula is C16H30O5. The monoisotopic (exact) mass is 302 g/mol. The Labute approximate surface area is 127 Å². The largest absolute Gasteiger partial charge is 0.456 e. The van der Waals surface area contributed by atoms with Gasteiger partial charge in [0.1, 0.15) is 6.10 Å². The second kappa shape index (κ2) is 11.7. The van der Waals surface area contributed by atoms with Crippen molar-refractivity contribution in [1.82, 2.24) is 0 Å². The van der Waals surface area contributed by atoms with E-state index in [2.05, 4.69) is 0 Å². The van der Waals surface area contributed by atoms with Crippen LogP contribution in [0.3, 0.4) is 0 Å². The van der Waals surface area contributed by atoms with E-state index in [1.165, 1.54) is 0 Å². The van der Waals surface area contributed by atoms with Gasteiger partial charge in [-0.3, -0.25) is 0 Å². The van der Waals surface area contributed by atoms with Crippen LogP contribution in [0.4, 0.5) is 0 Å². The number of aliphatic hydroxyl groups excluding tert-OH is 3. The molecule has 0 aliphatic carbocycles. The summed E-state index contributed by atoms with van der Waals surface area (Å²) in [5.41, 5.74) is 1.41. The minimum absolute atomic E-state index is 0.119. The van der Waals surface area contributed by atoms with Gasteiger partial charge >= 0.3 is 5.97 Å². The Kier molecular flexibility index (Phi) is 11.2. The summed E-state index contributed by atoms with van der Waals surface area (Å²) in [5, 5.41) is 27.5. The Bertz CT molecular complexity index is 321. The third kappa shape index (κ3) is 8.19. The first-order valence-electron chi connectivity index (χ1n) is 7.65. The van der Waals surface area contributed by atoms with Gasteiger partial charge in [-0.15, -0.1) is 0 Å². The van der Waals surface area contributed by atoms with E-state index in [1.807, 2.05) is 13.8 Å². The number of ether oxygens (including phenoxy) is 1. The van der Waals surface area contributed by atoms with Gasteiger partial charge in [0.25, 0.3) is 0 Å².